The van der Waals surface area contributed by atoms with Gasteiger partial charge in [-0.1, -0.05) is 127 Å². The van der Waals surface area contributed by atoms with Crippen LogP contribution in [0.3, 0.4) is 0 Å². The molecular formula is C47H27N3O2. The van der Waals surface area contributed by atoms with Crippen LogP contribution in [0.25, 0.3) is 111 Å². The third-order valence-electron chi connectivity index (χ3n) is 10.1. The zero-order valence-corrected chi connectivity index (χ0v) is 27.7. The molecule has 242 valence electrons. The van der Waals surface area contributed by atoms with E-state index >= 15 is 0 Å². The van der Waals surface area contributed by atoms with Crippen molar-refractivity contribution in [3.05, 3.63) is 164 Å². The topological polar surface area (TPSA) is 65.0 Å². The van der Waals surface area contributed by atoms with Crippen LogP contribution in [0.4, 0.5) is 0 Å². The fraction of sp³-hybridized carbons (Fsp3) is 0. The van der Waals surface area contributed by atoms with E-state index in [0.717, 1.165) is 99.5 Å². The van der Waals surface area contributed by atoms with E-state index in [1.807, 2.05) is 48.5 Å². The Bertz CT molecular complexity index is 3190. The van der Waals surface area contributed by atoms with Crippen molar-refractivity contribution >= 4 is 65.6 Å². The number of hydrogen-bond acceptors (Lipinski definition) is 5. The van der Waals surface area contributed by atoms with Crippen LogP contribution in [-0.2, 0) is 0 Å². The van der Waals surface area contributed by atoms with E-state index in [2.05, 4.69) is 115 Å². The summed E-state index contributed by atoms with van der Waals surface area (Å²) in [6.45, 7) is 0. The number of hydrogen-bond donors (Lipinski definition) is 0. The summed E-state index contributed by atoms with van der Waals surface area (Å²) in [5, 5.41) is 7.56. The molecule has 0 radical (unpaired) electrons. The summed E-state index contributed by atoms with van der Waals surface area (Å²) in [5.74, 6) is 0.610. The fourth-order valence-corrected chi connectivity index (χ4v) is 7.54. The molecule has 0 unspecified atom stereocenters. The molecule has 0 atom stereocenters. The third-order valence-corrected chi connectivity index (χ3v) is 10.1. The highest BCUT2D eigenvalue weighted by Crippen LogP contribution is 2.39. The second-order valence-electron chi connectivity index (χ2n) is 13.2. The summed E-state index contributed by atoms with van der Waals surface area (Å²) < 4.78 is 12.8. The number of fused-ring (bicyclic) bond motifs is 9. The smallest absolute Gasteiger partial charge is 0.164 e. The summed E-state index contributed by atoms with van der Waals surface area (Å²) in [7, 11) is 0. The summed E-state index contributed by atoms with van der Waals surface area (Å²) >= 11 is 0. The molecule has 0 aliphatic rings. The number of nitrogens with zero attached hydrogens (tertiary/aromatic N) is 3. The summed E-state index contributed by atoms with van der Waals surface area (Å²) in [6, 6.07) is 56.2. The predicted molar refractivity (Wildman–Crippen MR) is 211 cm³/mol. The Morgan fingerprint density at radius 3 is 1.77 bits per heavy atom. The maximum atomic E-state index is 6.44. The van der Waals surface area contributed by atoms with E-state index in [4.69, 9.17) is 23.8 Å². The molecule has 0 N–H and O–H groups in total. The first-order valence-corrected chi connectivity index (χ1v) is 17.3. The van der Waals surface area contributed by atoms with Crippen LogP contribution in [0.15, 0.2) is 173 Å². The van der Waals surface area contributed by atoms with Crippen molar-refractivity contribution in [3.8, 4) is 45.2 Å². The van der Waals surface area contributed by atoms with Crippen molar-refractivity contribution in [2.45, 2.75) is 0 Å². The van der Waals surface area contributed by atoms with Gasteiger partial charge in [-0.05, 0) is 47.2 Å². The molecule has 0 fully saturated rings. The van der Waals surface area contributed by atoms with E-state index in [0.29, 0.717) is 5.82 Å². The van der Waals surface area contributed by atoms with Gasteiger partial charge in [0.2, 0.25) is 0 Å². The van der Waals surface area contributed by atoms with Crippen LogP contribution in [0, 0.1) is 0 Å². The molecule has 0 aliphatic heterocycles. The van der Waals surface area contributed by atoms with E-state index in [1.165, 1.54) is 5.39 Å². The molecule has 0 saturated carbocycles. The van der Waals surface area contributed by atoms with Gasteiger partial charge in [-0.25, -0.2) is 15.0 Å². The van der Waals surface area contributed by atoms with Gasteiger partial charge in [-0.3, -0.25) is 0 Å². The van der Waals surface area contributed by atoms with Gasteiger partial charge in [0.25, 0.3) is 0 Å². The van der Waals surface area contributed by atoms with E-state index in [1.54, 1.807) is 0 Å². The van der Waals surface area contributed by atoms with E-state index in [9.17, 15) is 0 Å². The zero-order valence-electron chi connectivity index (χ0n) is 27.7. The zero-order chi connectivity index (χ0) is 34.2. The Morgan fingerprint density at radius 1 is 0.365 bits per heavy atom. The largest absolute Gasteiger partial charge is 0.455 e. The molecule has 4 heterocycles. The molecule has 4 aromatic heterocycles. The van der Waals surface area contributed by atoms with Crippen LogP contribution in [-0.4, -0.2) is 15.0 Å². The van der Waals surface area contributed by atoms with Gasteiger partial charge in [0.05, 0.1) is 22.6 Å². The number of rotatable bonds is 4. The standard InChI is InChI=1S/C47H27N3O2/c1-2-11-31-26-32(25-20-28(31)10-1)40-27-39(48-47(49-40)38-17-9-16-35-33-12-5-7-18-41(33)51-45(35)38)29-21-23-30(24-22-29)43-34-13-3-4-14-36(34)46-44(50-43)37-15-6-8-19-42(37)52-46/h1-27H. The first-order chi connectivity index (χ1) is 25.7. The fourth-order valence-electron chi connectivity index (χ4n) is 7.54. The molecule has 5 nitrogen and oxygen atoms in total. The van der Waals surface area contributed by atoms with Crippen molar-refractivity contribution in [1.82, 2.24) is 15.0 Å². The van der Waals surface area contributed by atoms with Crippen LogP contribution >= 0.6 is 0 Å². The SMILES string of the molecule is c1ccc2cc(-c3cc(-c4ccc(-c5nc6c7ccccc7oc6c6ccccc56)cc4)nc(-c4cccc5c4oc4ccccc45)n3)ccc2c1. The lowest BCUT2D eigenvalue weighted by molar-refractivity contribution is 0.669. The molecule has 11 aromatic rings. The number of pyridine rings is 1. The van der Waals surface area contributed by atoms with Gasteiger partial charge in [0.1, 0.15) is 22.3 Å². The molecule has 0 bridgehead atoms. The lowest BCUT2D eigenvalue weighted by atomic mass is 9.99. The van der Waals surface area contributed by atoms with Gasteiger partial charge in [-0.2, -0.15) is 0 Å². The number of benzene rings is 7. The third kappa shape index (κ3) is 4.46. The van der Waals surface area contributed by atoms with Crippen molar-refractivity contribution in [2.75, 3.05) is 0 Å². The Balaban J connectivity index is 1.09. The first-order valence-electron chi connectivity index (χ1n) is 17.3. The maximum absolute atomic E-state index is 6.44. The minimum atomic E-state index is 0.610. The van der Waals surface area contributed by atoms with Crippen molar-refractivity contribution in [3.63, 3.8) is 0 Å². The monoisotopic (exact) mass is 665 g/mol. The average Bonchev–Trinajstić information content (AvgIpc) is 3.79. The maximum Gasteiger partial charge on any atom is 0.164 e. The number of aromatic nitrogens is 3. The van der Waals surface area contributed by atoms with Gasteiger partial charge in [0, 0.05) is 43.6 Å². The molecule has 7 aromatic carbocycles. The van der Waals surface area contributed by atoms with Gasteiger partial charge in [0.15, 0.2) is 11.4 Å². The van der Waals surface area contributed by atoms with Crippen molar-refractivity contribution < 1.29 is 8.83 Å². The summed E-state index contributed by atoms with van der Waals surface area (Å²) in [5.41, 5.74) is 10.6. The van der Waals surface area contributed by atoms with Gasteiger partial charge >= 0.3 is 0 Å². The second kappa shape index (κ2) is 11.2. The molecule has 11 rings (SSSR count). The molecule has 0 aliphatic carbocycles. The van der Waals surface area contributed by atoms with E-state index in [-0.39, 0.29) is 0 Å². The summed E-state index contributed by atoms with van der Waals surface area (Å²) in [6.07, 6.45) is 0. The Morgan fingerprint density at radius 2 is 0.942 bits per heavy atom. The van der Waals surface area contributed by atoms with Crippen LogP contribution < -0.4 is 0 Å². The highest BCUT2D eigenvalue weighted by atomic mass is 16.3. The summed E-state index contributed by atoms with van der Waals surface area (Å²) in [4.78, 5) is 15.6. The molecule has 0 amide bonds. The second-order valence-corrected chi connectivity index (χ2v) is 13.2. The van der Waals surface area contributed by atoms with Crippen LogP contribution in [0.5, 0.6) is 0 Å². The number of para-hydroxylation sites is 3. The van der Waals surface area contributed by atoms with E-state index < -0.39 is 0 Å². The lowest BCUT2D eigenvalue weighted by Crippen LogP contribution is -1.96. The van der Waals surface area contributed by atoms with Crippen LogP contribution in [0.2, 0.25) is 0 Å². The minimum absolute atomic E-state index is 0.610. The highest BCUT2D eigenvalue weighted by molar-refractivity contribution is 6.16. The quantitative estimate of drug-likeness (QED) is 0.187. The Hall–Kier alpha value is -7.11. The minimum Gasteiger partial charge on any atom is -0.455 e. The molecule has 52 heavy (non-hydrogen) atoms. The van der Waals surface area contributed by atoms with Gasteiger partial charge < -0.3 is 8.83 Å². The molecular weight excluding hydrogens is 639 g/mol. The highest BCUT2D eigenvalue weighted by Gasteiger charge is 2.19. The van der Waals surface area contributed by atoms with Gasteiger partial charge in [-0.15, -0.1) is 0 Å². The lowest BCUT2D eigenvalue weighted by Gasteiger charge is -2.11. The Labute approximate surface area is 297 Å². The van der Waals surface area contributed by atoms with Crippen LogP contribution in [0.1, 0.15) is 0 Å². The average molecular weight is 666 g/mol. The molecule has 0 spiro atoms. The van der Waals surface area contributed by atoms with Crippen molar-refractivity contribution in [1.29, 1.82) is 0 Å². The number of furan rings is 2. The predicted octanol–water partition coefficient (Wildman–Crippen LogP) is 12.6. The normalized spacial score (nSPS) is 11.8. The molecule has 0 saturated heterocycles. The molecule has 5 heteroatoms. The Kier molecular flexibility index (Phi) is 6.18. The first kappa shape index (κ1) is 28.7. The van der Waals surface area contributed by atoms with Crippen molar-refractivity contribution in [2.24, 2.45) is 0 Å².